The summed E-state index contributed by atoms with van der Waals surface area (Å²) in [5, 5.41) is 14.5. The molecule has 4 nitrogen and oxygen atoms in total. The lowest BCUT2D eigenvalue weighted by molar-refractivity contribution is -0.246. The van der Waals surface area contributed by atoms with E-state index in [4.69, 9.17) is 4.74 Å². The topological polar surface area (TPSA) is 58.6 Å². The summed E-state index contributed by atoms with van der Waals surface area (Å²) in [6.45, 7) is 19.8. The molecule has 232 valence electrons. The molecule has 42 heavy (non-hydrogen) atoms. The van der Waals surface area contributed by atoms with Crippen LogP contribution in [0.5, 0.6) is 5.75 Å². The monoisotopic (exact) mass is 575 g/mol. The van der Waals surface area contributed by atoms with Gasteiger partial charge in [-0.2, -0.15) is 0 Å². The van der Waals surface area contributed by atoms with E-state index in [0.29, 0.717) is 36.1 Å². The number of amides is 1. The predicted octanol–water partition coefficient (Wildman–Crippen LogP) is 8.33. The number of allylic oxidation sites excluding steroid dienone is 1. The van der Waals surface area contributed by atoms with Gasteiger partial charge in [0.25, 0.3) is 0 Å². The second kappa shape index (κ2) is 10.1. The lowest BCUT2D eigenvalue weighted by atomic mass is 9.32. The van der Waals surface area contributed by atoms with Crippen LogP contribution >= 0.6 is 0 Å². The van der Waals surface area contributed by atoms with Crippen LogP contribution in [-0.4, -0.2) is 24.2 Å². The first-order chi connectivity index (χ1) is 19.7. The van der Waals surface area contributed by atoms with E-state index in [2.05, 4.69) is 59.5 Å². The molecule has 1 amide bonds. The fraction of sp³-hybridized carbons (Fsp3) is 0.763. The maximum absolute atomic E-state index is 14.4. The number of carbonyl (C=O) groups excluding carboxylic acids is 1. The van der Waals surface area contributed by atoms with Gasteiger partial charge in [0.15, 0.2) is 0 Å². The molecule has 0 aromatic heterocycles. The molecule has 10 atom stereocenters. The Hall–Kier alpha value is -1.81. The third-order valence-corrected chi connectivity index (χ3v) is 15.1. The predicted molar refractivity (Wildman–Crippen MR) is 170 cm³/mol. The highest BCUT2D eigenvalue weighted by Gasteiger charge is 2.71. The summed E-state index contributed by atoms with van der Waals surface area (Å²) in [4.78, 5) is 14.4. The SMILES string of the molecule is C=C(C)[C@@H]1CC[C@]2(C(=O)NCc3cccc(OC)c3)CC[C@]3(C)[C@H](CC[C@@H]4[C@@]5(C)CC[C@H](O)C(C)(C)[C@@H]5CC[C@]43C)[C@@H]12. The van der Waals surface area contributed by atoms with Crippen molar-refractivity contribution < 1.29 is 14.6 Å². The number of hydrogen-bond acceptors (Lipinski definition) is 3. The number of aliphatic hydroxyl groups excluding tert-OH is 1. The van der Waals surface area contributed by atoms with Crippen LogP contribution in [0.2, 0.25) is 0 Å². The molecule has 2 N–H and O–H groups in total. The van der Waals surface area contributed by atoms with E-state index < -0.39 is 0 Å². The molecule has 4 heteroatoms. The van der Waals surface area contributed by atoms with Gasteiger partial charge in [0.1, 0.15) is 5.75 Å². The summed E-state index contributed by atoms with van der Waals surface area (Å²) in [5.41, 5.74) is 2.78. The molecular formula is C38H57NO3. The van der Waals surface area contributed by atoms with Crippen LogP contribution in [0.15, 0.2) is 36.4 Å². The molecule has 0 bridgehead atoms. The van der Waals surface area contributed by atoms with Crippen LogP contribution in [0.4, 0.5) is 0 Å². The van der Waals surface area contributed by atoms with Gasteiger partial charge in [0.2, 0.25) is 5.91 Å². The molecule has 5 saturated carbocycles. The van der Waals surface area contributed by atoms with E-state index in [1.807, 2.05) is 18.2 Å². The molecule has 1 aromatic carbocycles. The van der Waals surface area contributed by atoms with Crippen LogP contribution in [0.3, 0.4) is 0 Å². The number of fused-ring (bicyclic) bond motifs is 7. The zero-order valence-corrected chi connectivity index (χ0v) is 27.5. The standard InChI is InChI=1S/C38H57NO3/c1-24(2)27-14-19-38(33(41)39-23-25-10-9-11-26(22-25)42-8)21-20-36(6)28(32(27)38)12-13-30-35(5)17-16-31(40)34(3,4)29(35)15-18-37(30,36)7/h9-11,22,27-32,40H,1,12-21,23H2,2-8H3,(H,39,41)/t27-,28+,29-,30+,31-,32+,35-,36+,37+,38-/m0/s1. The number of aliphatic hydroxyl groups is 1. The number of nitrogens with one attached hydrogen (secondary N) is 1. The zero-order valence-electron chi connectivity index (χ0n) is 27.5. The van der Waals surface area contributed by atoms with Gasteiger partial charge in [-0.1, -0.05) is 58.9 Å². The van der Waals surface area contributed by atoms with Crippen molar-refractivity contribution in [2.75, 3.05) is 7.11 Å². The van der Waals surface area contributed by atoms with Gasteiger partial charge in [0, 0.05) is 6.54 Å². The third kappa shape index (κ3) is 4.05. The highest BCUT2D eigenvalue weighted by molar-refractivity contribution is 5.84. The van der Waals surface area contributed by atoms with Gasteiger partial charge in [-0.3, -0.25) is 4.79 Å². The first-order valence-electron chi connectivity index (χ1n) is 17.0. The van der Waals surface area contributed by atoms with Crippen molar-refractivity contribution in [3.05, 3.63) is 42.0 Å². The lowest BCUT2D eigenvalue weighted by Gasteiger charge is -2.72. The average molecular weight is 576 g/mol. The largest absolute Gasteiger partial charge is 0.497 e. The first-order valence-corrected chi connectivity index (χ1v) is 17.0. The Kier molecular flexibility index (Phi) is 7.28. The van der Waals surface area contributed by atoms with Crippen LogP contribution < -0.4 is 10.1 Å². The fourth-order valence-corrected chi connectivity index (χ4v) is 12.7. The molecule has 0 spiro atoms. The van der Waals surface area contributed by atoms with Crippen LogP contribution in [0.25, 0.3) is 0 Å². The number of benzene rings is 1. The highest BCUT2D eigenvalue weighted by atomic mass is 16.5. The Labute approximate surface area is 255 Å². The molecule has 0 radical (unpaired) electrons. The van der Waals surface area contributed by atoms with Crippen molar-refractivity contribution in [1.29, 1.82) is 0 Å². The highest BCUT2D eigenvalue weighted by Crippen LogP contribution is 2.77. The van der Waals surface area contributed by atoms with E-state index in [9.17, 15) is 9.90 Å². The number of ether oxygens (including phenoxy) is 1. The number of methoxy groups -OCH3 is 1. The Morgan fingerprint density at radius 3 is 2.43 bits per heavy atom. The molecule has 6 rings (SSSR count). The fourth-order valence-electron chi connectivity index (χ4n) is 12.7. The molecule has 1 aromatic rings. The van der Waals surface area contributed by atoms with Crippen molar-refractivity contribution in [2.24, 2.45) is 56.7 Å². The Bertz CT molecular complexity index is 1240. The minimum atomic E-state index is -0.298. The summed E-state index contributed by atoms with van der Waals surface area (Å²) in [7, 11) is 1.69. The molecule has 0 aliphatic heterocycles. The molecular weight excluding hydrogens is 518 g/mol. The van der Waals surface area contributed by atoms with E-state index in [1.54, 1.807) is 7.11 Å². The minimum absolute atomic E-state index is 0.0227. The van der Waals surface area contributed by atoms with Gasteiger partial charge in [-0.25, -0.2) is 0 Å². The van der Waals surface area contributed by atoms with Gasteiger partial charge in [-0.15, -0.1) is 0 Å². The number of hydrogen-bond donors (Lipinski definition) is 2. The Balaban J connectivity index is 1.32. The van der Waals surface area contributed by atoms with E-state index in [0.717, 1.165) is 49.8 Å². The second-order valence-corrected chi connectivity index (χ2v) is 16.8. The maximum Gasteiger partial charge on any atom is 0.226 e. The normalized spacial score (nSPS) is 45.5. The summed E-state index contributed by atoms with van der Waals surface area (Å²) >= 11 is 0. The summed E-state index contributed by atoms with van der Waals surface area (Å²) in [6.07, 6.45) is 11.1. The number of rotatable bonds is 5. The van der Waals surface area contributed by atoms with Gasteiger partial charge < -0.3 is 15.2 Å². The molecule has 0 heterocycles. The molecule has 0 unspecified atom stereocenters. The van der Waals surface area contributed by atoms with Crippen LogP contribution in [-0.2, 0) is 11.3 Å². The molecule has 5 aliphatic carbocycles. The molecule has 5 aliphatic rings. The average Bonchev–Trinajstić information content (AvgIpc) is 3.36. The van der Waals surface area contributed by atoms with E-state index >= 15 is 0 Å². The lowest BCUT2D eigenvalue weighted by Crippen LogP contribution is -2.67. The van der Waals surface area contributed by atoms with E-state index in [-0.39, 0.29) is 39.1 Å². The first kappa shape index (κ1) is 30.2. The second-order valence-electron chi connectivity index (χ2n) is 16.8. The summed E-state index contributed by atoms with van der Waals surface area (Å²) < 4.78 is 5.43. The maximum atomic E-state index is 14.4. The molecule has 5 fully saturated rings. The Morgan fingerprint density at radius 2 is 1.71 bits per heavy atom. The van der Waals surface area contributed by atoms with Gasteiger partial charge in [0.05, 0.1) is 18.6 Å². The minimum Gasteiger partial charge on any atom is -0.497 e. The Morgan fingerprint density at radius 1 is 0.952 bits per heavy atom. The quantitative estimate of drug-likeness (QED) is 0.347. The van der Waals surface area contributed by atoms with Crippen molar-refractivity contribution in [3.63, 3.8) is 0 Å². The van der Waals surface area contributed by atoms with Crippen molar-refractivity contribution in [1.82, 2.24) is 5.32 Å². The van der Waals surface area contributed by atoms with Gasteiger partial charge >= 0.3 is 0 Å². The molecule has 0 saturated heterocycles. The van der Waals surface area contributed by atoms with Crippen LogP contribution in [0.1, 0.15) is 111 Å². The number of carbonyl (C=O) groups is 1. The summed E-state index contributed by atoms with van der Waals surface area (Å²) in [6, 6.07) is 8.06. The van der Waals surface area contributed by atoms with E-state index in [1.165, 1.54) is 31.3 Å². The van der Waals surface area contributed by atoms with Gasteiger partial charge in [-0.05, 0) is 140 Å². The van der Waals surface area contributed by atoms with Crippen molar-refractivity contribution >= 4 is 5.91 Å². The van der Waals surface area contributed by atoms with Crippen molar-refractivity contribution in [2.45, 2.75) is 118 Å². The van der Waals surface area contributed by atoms with Crippen molar-refractivity contribution in [3.8, 4) is 5.75 Å². The smallest absolute Gasteiger partial charge is 0.226 e. The zero-order chi connectivity index (χ0) is 30.3. The van der Waals surface area contributed by atoms with Crippen LogP contribution in [0, 0.1) is 56.7 Å². The third-order valence-electron chi connectivity index (χ3n) is 15.1. The summed E-state index contributed by atoms with van der Waals surface area (Å²) in [5.74, 6) is 3.69.